The number of rotatable bonds is 6. The van der Waals surface area contributed by atoms with Crippen LogP contribution in [-0.2, 0) is 16.3 Å². The maximum absolute atomic E-state index is 13.1. The van der Waals surface area contributed by atoms with Gasteiger partial charge in [0.1, 0.15) is 5.65 Å². The Morgan fingerprint density at radius 3 is 2.60 bits per heavy atom. The van der Waals surface area contributed by atoms with E-state index in [1.807, 2.05) is 60.1 Å². The molecule has 0 bridgehead atoms. The molecule has 0 aliphatic rings. The highest BCUT2D eigenvalue weighted by Crippen LogP contribution is 2.24. The van der Waals surface area contributed by atoms with Crippen molar-refractivity contribution in [2.45, 2.75) is 18.2 Å². The summed E-state index contributed by atoms with van der Waals surface area (Å²) in [5.74, 6) is -0.323. The Morgan fingerprint density at radius 2 is 1.91 bits per heavy atom. The number of carbonyl (C=O) groups is 1. The van der Waals surface area contributed by atoms with Crippen LogP contribution in [-0.4, -0.2) is 39.9 Å². The highest BCUT2D eigenvalue weighted by Gasteiger charge is 2.17. The molecular weight excluding hydrogens is 462 g/mol. The largest absolute Gasteiger partial charge is 0.348 e. The van der Waals surface area contributed by atoms with Crippen molar-refractivity contribution in [3.63, 3.8) is 0 Å². The van der Waals surface area contributed by atoms with Gasteiger partial charge in [0, 0.05) is 53.8 Å². The maximum atomic E-state index is 13.1. The molecule has 1 amide bonds. The number of pyridine rings is 1. The number of anilines is 1. The fraction of sp³-hybridized carbons (Fsp3) is 0.115. The number of aryl methyl sites for hydroxylation is 1. The van der Waals surface area contributed by atoms with Gasteiger partial charge >= 0.3 is 0 Å². The van der Waals surface area contributed by atoms with Crippen molar-refractivity contribution in [1.29, 1.82) is 0 Å². The van der Waals surface area contributed by atoms with Crippen molar-refractivity contribution < 1.29 is 13.2 Å². The van der Waals surface area contributed by atoms with Crippen LogP contribution < -0.4 is 5.32 Å². The second-order valence-corrected chi connectivity index (χ2v) is 10.4. The number of hydrogen-bond acceptors (Lipinski definition) is 5. The van der Waals surface area contributed by atoms with Crippen LogP contribution in [0.15, 0.2) is 84.4 Å². The van der Waals surface area contributed by atoms with Gasteiger partial charge in [-0.3, -0.25) is 4.79 Å². The molecule has 0 unspecified atom stereocenters. The van der Waals surface area contributed by atoms with Gasteiger partial charge in [0.2, 0.25) is 0 Å². The van der Waals surface area contributed by atoms with Crippen molar-refractivity contribution in [1.82, 2.24) is 19.4 Å². The lowest BCUT2D eigenvalue weighted by Crippen LogP contribution is -2.15. The molecule has 3 heterocycles. The van der Waals surface area contributed by atoms with E-state index in [4.69, 9.17) is 4.98 Å². The second-order valence-electron chi connectivity index (χ2n) is 8.42. The molecule has 0 fully saturated rings. The lowest BCUT2D eigenvalue weighted by atomic mass is 10.0. The van der Waals surface area contributed by atoms with E-state index in [0.29, 0.717) is 23.2 Å². The summed E-state index contributed by atoms with van der Waals surface area (Å²) < 4.78 is 26.1. The average molecular weight is 486 g/mol. The van der Waals surface area contributed by atoms with Gasteiger partial charge < -0.3 is 14.7 Å². The molecule has 0 atom stereocenters. The summed E-state index contributed by atoms with van der Waals surface area (Å²) in [4.78, 5) is 25.0. The van der Waals surface area contributed by atoms with Gasteiger partial charge in [-0.05, 0) is 54.4 Å². The quantitative estimate of drug-likeness (QED) is 0.373. The van der Waals surface area contributed by atoms with Crippen LogP contribution in [0.2, 0.25) is 0 Å². The molecular formula is C26H23N5O3S. The monoisotopic (exact) mass is 485 g/mol. The summed E-state index contributed by atoms with van der Waals surface area (Å²) in [6.07, 6.45) is 8.62. The number of nitrogens with one attached hydrogen (secondary N) is 2. The Balaban J connectivity index is 1.40. The van der Waals surface area contributed by atoms with E-state index in [-0.39, 0.29) is 10.8 Å². The molecule has 35 heavy (non-hydrogen) atoms. The van der Waals surface area contributed by atoms with E-state index in [9.17, 15) is 13.2 Å². The van der Waals surface area contributed by atoms with Crippen LogP contribution in [0.3, 0.4) is 0 Å². The second kappa shape index (κ2) is 8.84. The predicted octanol–water partition coefficient (Wildman–Crippen LogP) is 4.28. The third-order valence-corrected chi connectivity index (χ3v) is 6.91. The Labute approximate surface area is 202 Å². The lowest BCUT2D eigenvalue weighted by molar-refractivity contribution is 0.102. The summed E-state index contributed by atoms with van der Waals surface area (Å²) in [7, 11) is -3.41. The first kappa shape index (κ1) is 22.5. The molecule has 0 saturated heterocycles. The van der Waals surface area contributed by atoms with Crippen molar-refractivity contribution in [2.75, 3.05) is 11.6 Å². The van der Waals surface area contributed by atoms with Gasteiger partial charge in [0.15, 0.2) is 9.84 Å². The Morgan fingerprint density at radius 1 is 1.11 bits per heavy atom. The van der Waals surface area contributed by atoms with E-state index in [1.165, 1.54) is 6.07 Å². The maximum Gasteiger partial charge on any atom is 0.255 e. The van der Waals surface area contributed by atoms with Crippen LogP contribution in [0, 0.1) is 6.92 Å². The molecule has 5 rings (SSSR count). The van der Waals surface area contributed by atoms with E-state index < -0.39 is 9.84 Å². The number of aromatic amines is 1. The van der Waals surface area contributed by atoms with Crippen LogP contribution in [0.1, 0.15) is 27.2 Å². The predicted molar refractivity (Wildman–Crippen MR) is 134 cm³/mol. The zero-order chi connectivity index (χ0) is 24.6. The zero-order valence-electron chi connectivity index (χ0n) is 19.2. The third kappa shape index (κ3) is 4.71. The summed E-state index contributed by atoms with van der Waals surface area (Å²) in [6.45, 7) is 2.02. The summed E-state index contributed by atoms with van der Waals surface area (Å²) in [6, 6.07) is 16.0. The minimum Gasteiger partial charge on any atom is -0.348 e. The molecule has 0 saturated carbocycles. The van der Waals surface area contributed by atoms with Gasteiger partial charge in [-0.25, -0.2) is 18.4 Å². The lowest BCUT2D eigenvalue weighted by Gasteiger charge is -2.12. The Bertz CT molecular complexity index is 1640. The number of hydrogen-bond donors (Lipinski definition) is 2. The molecule has 0 aliphatic carbocycles. The first-order valence-corrected chi connectivity index (χ1v) is 12.8. The number of imidazole rings is 2. The summed E-state index contributed by atoms with van der Waals surface area (Å²) in [5.41, 5.74) is 6.16. The highest BCUT2D eigenvalue weighted by atomic mass is 32.2. The summed E-state index contributed by atoms with van der Waals surface area (Å²) in [5, 5.41) is 2.91. The standard InChI is InChI=1S/C26H23N5O3S/c1-17-4-3-11-31-15-24(30-25(17)31)18-5-7-20(8-6-18)29-26(32)23-10-9-22(35(2,33)34)13-19(23)12-21-14-27-16-28-21/h3-11,13-16H,12H2,1-2H3,(H,27,28)(H,29,32). The molecule has 0 aliphatic heterocycles. The van der Waals surface area contributed by atoms with Gasteiger partial charge in [0.05, 0.1) is 16.9 Å². The number of benzene rings is 2. The topological polar surface area (TPSA) is 109 Å². The van der Waals surface area contributed by atoms with E-state index in [1.54, 1.807) is 24.7 Å². The number of H-pyrrole nitrogens is 1. The van der Waals surface area contributed by atoms with Gasteiger partial charge in [-0.15, -0.1) is 0 Å². The first-order chi connectivity index (χ1) is 16.8. The van der Waals surface area contributed by atoms with Crippen LogP contribution >= 0.6 is 0 Å². The van der Waals surface area contributed by atoms with Crippen molar-refractivity contribution in [3.05, 3.63) is 102 Å². The summed E-state index contributed by atoms with van der Waals surface area (Å²) >= 11 is 0. The van der Waals surface area contributed by atoms with Crippen LogP contribution in [0.5, 0.6) is 0 Å². The Kier molecular flexibility index (Phi) is 5.70. The SMILES string of the molecule is Cc1cccn2cc(-c3ccc(NC(=O)c4ccc(S(C)(=O)=O)cc4Cc4cnc[nH]4)cc3)nc12. The number of aromatic nitrogens is 4. The number of sulfone groups is 1. The molecule has 176 valence electrons. The first-order valence-electron chi connectivity index (χ1n) is 10.9. The van der Waals surface area contributed by atoms with Gasteiger partial charge in [-0.2, -0.15) is 0 Å². The average Bonchev–Trinajstić information content (AvgIpc) is 3.49. The number of nitrogens with zero attached hydrogens (tertiary/aromatic N) is 3. The number of fused-ring (bicyclic) bond motifs is 1. The fourth-order valence-electron chi connectivity index (χ4n) is 3.97. The normalized spacial score (nSPS) is 11.6. The minimum atomic E-state index is -3.41. The smallest absolute Gasteiger partial charge is 0.255 e. The molecule has 9 heteroatoms. The number of amides is 1. The van der Waals surface area contributed by atoms with Crippen molar-refractivity contribution in [2.24, 2.45) is 0 Å². The molecule has 3 aromatic heterocycles. The van der Waals surface area contributed by atoms with Crippen molar-refractivity contribution >= 4 is 27.1 Å². The van der Waals surface area contributed by atoms with Gasteiger partial charge in [-0.1, -0.05) is 18.2 Å². The minimum absolute atomic E-state index is 0.163. The zero-order valence-corrected chi connectivity index (χ0v) is 20.0. The van der Waals surface area contributed by atoms with Crippen molar-refractivity contribution in [3.8, 4) is 11.3 Å². The van der Waals surface area contributed by atoms with Gasteiger partial charge in [0.25, 0.3) is 5.91 Å². The van der Waals surface area contributed by atoms with Crippen LogP contribution in [0.25, 0.3) is 16.9 Å². The van der Waals surface area contributed by atoms with Crippen LogP contribution in [0.4, 0.5) is 5.69 Å². The van der Waals surface area contributed by atoms with E-state index in [0.717, 1.165) is 34.4 Å². The molecule has 8 nitrogen and oxygen atoms in total. The molecule has 0 spiro atoms. The fourth-order valence-corrected chi connectivity index (χ4v) is 4.64. The highest BCUT2D eigenvalue weighted by molar-refractivity contribution is 7.90. The van der Waals surface area contributed by atoms with E-state index >= 15 is 0 Å². The molecule has 5 aromatic rings. The molecule has 2 aromatic carbocycles. The third-order valence-electron chi connectivity index (χ3n) is 5.80. The molecule has 0 radical (unpaired) electrons. The van der Waals surface area contributed by atoms with E-state index in [2.05, 4.69) is 15.3 Å². The molecule has 2 N–H and O–H groups in total. The Hall–Kier alpha value is -4.24. The number of carbonyl (C=O) groups excluding carboxylic acids is 1.